The normalized spacial score (nSPS) is 30.5. The largest absolute Gasteiger partial charge is 0.394 e. The summed E-state index contributed by atoms with van der Waals surface area (Å²) in [6.45, 7) is 7.45. The lowest BCUT2D eigenvalue weighted by atomic mass is 10.0. The highest BCUT2D eigenvalue weighted by Crippen LogP contribution is 2.27. The summed E-state index contributed by atoms with van der Waals surface area (Å²) < 4.78 is 34.1. The zero-order valence-corrected chi connectivity index (χ0v) is 13.4. The fourth-order valence-electron chi connectivity index (χ4n) is 2.89. The molecule has 0 radical (unpaired) electrons. The van der Waals surface area contributed by atoms with Crippen LogP contribution < -0.4 is 0 Å². The second-order valence-electron chi connectivity index (χ2n) is 6.56. The molecule has 0 amide bonds. The Morgan fingerprint density at radius 1 is 1.25 bits per heavy atom. The Morgan fingerprint density at radius 3 is 2.40 bits per heavy atom. The summed E-state index contributed by atoms with van der Waals surface area (Å²) in [5.41, 5.74) is -0.568. The maximum atomic E-state index is 12.7. The van der Waals surface area contributed by atoms with Gasteiger partial charge < -0.3 is 9.84 Å². The topological polar surface area (TPSA) is 70.1 Å². The molecule has 2 heterocycles. The van der Waals surface area contributed by atoms with Gasteiger partial charge in [-0.15, -0.1) is 0 Å². The van der Waals surface area contributed by atoms with Crippen molar-refractivity contribution in [2.24, 2.45) is 5.92 Å². The molecule has 0 saturated carbocycles. The standard InChI is InChI=1S/C13H26N2O4S/c1-11-4-6-14(7-5-11)20(17,18)15-8-12(9-16)19-13(2,3)10-15/h11-12,16H,4-10H2,1-3H3. The quantitative estimate of drug-likeness (QED) is 0.821. The van der Waals surface area contributed by atoms with Gasteiger partial charge in [-0.25, -0.2) is 0 Å². The Kier molecular flexibility index (Phi) is 4.76. The summed E-state index contributed by atoms with van der Waals surface area (Å²) >= 11 is 0. The first kappa shape index (κ1) is 16.2. The van der Waals surface area contributed by atoms with Crippen molar-refractivity contribution in [3.8, 4) is 0 Å². The molecule has 0 bridgehead atoms. The average molecular weight is 306 g/mol. The third-order valence-corrected chi connectivity index (χ3v) is 6.00. The Balaban J connectivity index is 2.12. The van der Waals surface area contributed by atoms with E-state index >= 15 is 0 Å². The molecule has 2 fully saturated rings. The minimum atomic E-state index is -3.45. The lowest BCUT2D eigenvalue weighted by molar-refractivity contribution is -0.132. The number of rotatable bonds is 3. The van der Waals surface area contributed by atoms with Gasteiger partial charge in [0.2, 0.25) is 0 Å². The van der Waals surface area contributed by atoms with Gasteiger partial charge in [0.15, 0.2) is 0 Å². The Morgan fingerprint density at radius 2 is 1.85 bits per heavy atom. The number of hydrogen-bond donors (Lipinski definition) is 1. The summed E-state index contributed by atoms with van der Waals surface area (Å²) in [5.74, 6) is 0.591. The van der Waals surface area contributed by atoms with Gasteiger partial charge in [-0.1, -0.05) is 6.92 Å². The minimum Gasteiger partial charge on any atom is -0.394 e. The maximum absolute atomic E-state index is 12.7. The van der Waals surface area contributed by atoms with Crippen molar-refractivity contribution in [3.05, 3.63) is 0 Å². The first-order valence-corrected chi connectivity index (χ1v) is 8.68. The number of morpholine rings is 1. The van der Waals surface area contributed by atoms with Gasteiger partial charge in [0.25, 0.3) is 10.2 Å². The predicted octanol–water partition coefficient (Wildman–Crippen LogP) is 0.435. The minimum absolute atomic E-state index is 0.160. The summed E-state index contributed by atoms with van der Waals surface area (Å²) in [7, 11) is -3.45. The van der Waals surface area contributed by atoms with Gasteiger partial charge in [-0.2, -0.15) is 17.0 Å². The molecular formula is C13H26N2O4S. The van der Waals surface area contributed by atoms with Gasteiger partial charge >= 0.3 is 0 Å². The van der Waals surface area contributed by atoms with Crippen LogP contribution in [0.1, 0.15) is 33.6 Å². The van der Waals surface area contributed by atoms with Crippen LogP contribution in [0.2, 0.25) is 0 Å². The van der Waals surface area contributed by atoms with Gasteiger partial charge in [-0.05, 0) is 32.6 Å². The molecule has 0 aromatic heterocycles. The van der Waals surface area contributed by atoms with E-state index in [0.717, 1.165) is 12.8 Å². The summed E-state index contributed by atoms with van der Waals surface area (Å²) in [5, 5.41) is 9.29. The highest BCUT2D eigenvalue weighted by molar-refractivity contribution is 7.86. The molecule has 0 aromatic rings. The van der Waals surface area contributed by atoms with E-state index in [9.17, 15) is 13.5 Å². The summed E-state index contributed by atoms with van der Waals surface area (Å²) in [6.07, 6.45) is 1.38. The Bertz CT molecular complexity index is 430. The average Bonchev–Trinajstić information content (AvgIpc) is 2.37. The third kappa shape index (κ3) is 3.51. The summed E-state index contributed by atoms with van der Waals surface area (Å²) in [4.78, 5) is 0. The molecule has 6 nitrogen and oxygen atoms in total. The van der Waals surface area contributed by atoms with Crippen LogP contribution in [-0.2, 0) is 14.9 Å². The monoisotopic (exact) mass is 306 g/mol. The molecule has 2 rings (SSSR count). The second-order valence-corrected chi connectivity index (χ2v) is 8.49. The zero-order valence-electron chi connectivity index (χ0n) is 12.6. The number of ether oxygens (including phenoxy) is 1. The van der Waals surface area contributed by atoms with E-state index in [1.54, 1.807) is 4.31 Å². The Labute approximate surface area is 121 Å². The van der Waals surface area contributed by atoms with Gasteiger partial charge in [0.05, 0.1) is 18.3 Å². The Hall–Kier alpha value is -0.210. The van der Waals surface area contributed by atoms with Crippen LogP contribution in [0, 0.1) is 5.92 Å². The molecule has 2 aliphatic rings. The predicted molar refractivity (Wildman–Crippen MR) is 76.5 cm³/mol. The smallest absolute Gasteiger partial charge is 0.282 e. The van der Waals surface area contributed by atoms with Crippen molar-refractivity contribution in [1.82, 2.24) is 8.61 Å². The molecular weight excluding hydrogens is 280 g/mol. The van der Waals surface area contributed by atoms with Crippen LogP contribution in [0.4, 0.5) is 0 Å². The number of piperidine rings is 1. The molecule has 0 aliphatic carbocycles. The number of hydrogen-bond acceptors (Lipinski definition) is 4. The zero-order chi connectivity index (χ0) is 15.0. The molecule has 1 atom stereocenters. The van der Waals surface area contributed by atoms with Crippen molar-refractivity contribution < 1.29 is 18.3 Å². The molecule has 0 aromatic carbocycles. The van der Waals surface area contributed by atoms with Crippen molar-refractivity contribution in [2.75, 3.05) is 32.8 Å². The van der Waals surface area contributed by atoms with Crippen LogP contribution in [0.25, 0.3) is 0 Å². The van der Waals surface area contributed by atoms with Crippen LogP contribution in [-0.4, -0.2) is 66.6 Å². The van der Waals surface area contributed by atoms with E-state index in [4.69, 9.17) is 4.74 Å². The lowest BCUT2D eigenvalue weighted by Crippen LogP contribution is -2.59. The fraction of sp³-hybridized carbons (Fsp3) is 1.00. The number of aliphatic hydroxyl groups is 1. The van der Waals surface area contributed by atoms with Gasteiger partial charge in [0, 0.05) is 26.2 Å². The highest BCUT2D eigenvalue weighted by atomic mass is 32.2. The van der Waals surface area contributed by atoms with E-state index in [2.05, 4.69) is 6.92 Å². The molecule has 2 aliphatic heterocycles. The van der Waals surface area contributed by atoms with Crippen molar-refractivity contribution in [1.29, 1.82) is 0 Å². The first-order valence-electron chi connectivity index (χ1n) is 7.28. The van der Waals surface area contributed by atoms with Crippen molar-refractivity contribution in [3.63, 3.8) is 0 Å². The van der Waals surface area contributed by atoms with Crippen LogP contribution in [0.15, 0.2) is 0 Å². The molecule has 2 saturated heterocycles. The highest BCUT2D eigenvalue weighted by Gasteiger charge is 2.41. The van der Waals surface area contributed by atoms with Crippen LogP contribution in [0.5, 0.6) is 0 Å². The molecule has 0 spiro atoms. The van der Waals surface area contributed by atoms with E-state index in [1.165, 1.54) is 4.31 Å². The van der Waals surface area contributed by atoms with Crippen LogP contribution in [0.3, 0.4) is 0 Å². The van der Waals surface area contributed by atoms with E-state index in [-0.39, 0.29) is 13.2 Å². The molecule has 1 N–H and O–H groups in total. The van der Waals surface area contributed by atoms with E-state index < -0.39 is 21.9 Å². The molecule has 118 valence electrons. The van der Waals surface area contributed by atoms with Gasteiger partial charge in [-0.3, -0.25) is 0 Å². The number of aliphatic hydroxyl groups excluding tert-OH is 1. The van der Waals surface area contributed by atoms with Gasteiger partial charge in [0.1, 0.15) is 0 Å². The second kappa shape index (κ2) is 5.88. The molecule has 1 unspecified atom stereocenters. The SMILES string of the molecule is CC1CCN(S(=O)(=O)N2CC(CO)OC(C)(C)C2)CC1. The van der Waals surface area contributed by atoms with Crippen molar-refractivity contribution >= 4 is 10.2 Å². The fourth-order valence-corrected chi connectivity index (χ4v) is 4.72. The van der Waals surface area contributed by atoms with E-state index in [0.29, 0.717) is 25.6 Å². The lowest BCUT2D eigenvalue weighted by Gasteiger charge is -2.43. The molecule has 7 heteroatoms. The number of nitrogens with zero attached hydrogens (tertiary/aromatic N) is 2. The molecule has 20 heavy (non-hydrogen) atoms. The van der Waals surface area contributed by atoms with E-state index in [1.807, 2.05) is 13.8 Å². The third-order valence-electron chi connectivity index (χ3n) is 4.05. The van der Waals surface area contributed by atoms with Crippen molar-refractivity contribution in [2.45, 2.75) is 45.3 Å². The maximum Gasteiger partial charge on any atom is 0.282 e. The van der Waals surface area contributed by atoms with Crippen LogP contribution >= 0.6 is 0 Å². The first-order chi connectivity index (χ1) is 9.24. The summed E-state index contributed by atoms with van der Waals surface area (Å²) in [6, 6.07) is 0.